The van der Waals surface area contributed by atoms with Gasteiger partial charge in [-0.2, -0.15) is 0 Å². The van der Waals surface area contributed by atoms with E-state index < -0.39 is 0 Å². The summed E-state index contributed by atoms with van der Waals surface area (Å²) in [5.41, 5.74) is 2.85. The van der Waals surface area contributed by atoms with Gasteiger partial charge in [-0.3, -0.25) is 0 Å². The molecule has 0 fully saturated rings. The molecule has 1 aliphatic rings. The van der Waals surface area contributed by atoms with Crippen LogP contribution in [0.25, 0.3) is 0 Å². The van der Waals surface area contributed by atoms with Gasteiger partial charge in [-0.1, -0.05) is 12.1 Å². The Morgan fingerprint density at radius 1 is 1.05 bits per heavy atom. The molecular weight excluding hydrogens is 282 g/mol. The number of benzene rings is 2. The molecule has 5 heteroatoms. The Labute approximate surface area is 129 Å². The van der Waals surface area contributed by atoms with Gasteiger partial charge in [0.25, 0.3) is 0 Å². The lowest BCUT2D eigenvalue weighted by Gasteiger charge is -2.28. The van der Waals surface area contributed by atoms with Crippen LogP contribution in [0.5, 0.6) is 23.0 Å². The van der Waals surface area contributed by atoms with Crippen molar-refractivity contribution in [3.8, 4) is 23.0 Å². The molecule has 1 atom stereocenters. The van der Waals surface area contributed by atoms with E-state index in [1.54, 1.807) is 18.2 Å². The SMILES string of the molecule is COc1ccc(C2CNCc3c2ccc(OC)c3O)cc1O. The van der Waals surface area contributed by atoms with Gasteiger partial charge in [0, 0.05) is 24.6 Å². The second-order valence-electron chi connectivity index (χ2n) is 5.30. The number of methoxy groups -OCH3 is 2. The number of rotatable bonds is 3. The lowest BCUT2D eigenvalue weighted by molar-refractivity contribution is 0.366. The summed E-state index contributed by atoms with van der Waals surface area (Å²) in [5.74, 6) is 1.27. The summed E-state index contributed by atoms with van der Waals surface area (Å²) in [6.45, 7) is 1.33. The zero-order chi connectivity index (χ0) is 15.7. The molecule has 1 heterocycles. The minimum atomic E-state index is 0.0531. The van der Waals surface area contributed by atoms with Crippen LogP contribution in [0.4, 0.5) is 0 Å². The number of nitrogens with one attached hydrogen (secondary N) is 1. The highest BCUT2D eigenvalue weighted by molar-refractivity contribution is 5.55. The van der Waals surface area contributed by atoms with Crippen molar-refractivity contribution in [1.29, 1.82) is 0 Å². The minimum Gasteiger partial charge on any atom is -0.504 e. The smallest absolute Gasteiger partial charge is 0.162 e. The molecule has 22 heavy (non-hydrogen) atoms. The lowest BCUT2D eigenvalue weighted by atomic mass is 9.85. The van der Waals surface area contributed by atoms with Crippen LogP contribution in [0.1, 0.15) is 22.6 Å². The van der Waals surface area contributed by atoms with Crippen LogP contribution >= 0.6 is 0 Å². The molecular formula is C17H19NO4. The fraction of sp³-hybridized carbons (Fsp3) is 0.294. The average molecular weight is 301 g/mol. The first-order valence-electron chi connectivity index (χ1n) is 7.12. The summed E-state index contributed by atoms with van der Waals surface area (Å²) in [7, 11) is 3.06. The Balaban J connectivity index is 2.05. The first-order chi connectivity index (χ1) is 10.7. The van der Waals surface area contributed by atoms with Gasteiger partial charge in [-0.05, 0) is 29.3 Å². The van der Waals surface area contributed by atoms with Crippen molar-refractivity contribution >= 4 is 0 Å². The van der Waals surface area contributed by atoms with Crippen LogP contribution in [0.15, 0.2) is 30.3 Å². The van der Waals surface area contributed by atoms with Crippen LogP contribution in [0.3, 0.4) is 0 Å². The minimum absolute atomic E-state index is 0.0531. The van der Waals surface area contributed by atoms with E-state index in [1.165, 1.54) is 14.2 Å². The van der Waals surface area contributed by atoms with Crippen LogP contribution in [0.2, 0.25) is 0 Å². The first kappa shape index (κ1) is 14.5. The number of ether oxygens (including phenoxy) is 2. The topological polar surface area (TPSA) is 71.0 Å². The zero-order valence-corrected chi connectivity index (χ0v) is 12.6. The molecule has 0 aliphatic carbocycles. The average Bonchev–Trinajstić information content (AvgIpc) is 2.55. The van der Waals surface area contributed by atoms with Gasteiger partial charge >= 0.3 is 0 Å². The molecule has 2 aromatic rings. The summed E-state index contributed by atoms with van der Waals surface area (Å²) in [6, 6.07) is 9.14. The Morgan fingerprint density at radius 2 is 1.77 bits per heavy atom. The van der Waals surface area contributed by atoms with Gasteiger partial charge in [0.15, 0.2) is 23.0 Å². The van der Waals surface area contributed by atoms with Gasteiger partial charge in [-0.15, -0.1) is 0 Å². The first-order valence-corrected chi connectivity index (χ1v) is 7.12. The summed E-state index contributed by atoms with van der Waals surface area (Å²) in [4.78, 5) is 0. The number of hydrogen-bond donors (Lipinski definition) is 3. The predicted molar refractivity (Wildman–Crippen MR) is 82.9 cm³/mol. The van der Waals surface area contributed by atoms with Crippen LogP contribution in [-0.2, 0) is 6.54 Å². The van der Waals surface area contributed by atoms with Gasteiger partial charge in [-0.25, -0.2) is 0 Å². The maximum absolute atomic E-state index is 10.3. The van der Waals surface area contributed by atoms with E-state index in [4.69, 9.17) is 9.47 Å². The Kier molecular flexibility index (Phi) is 3.81. The summed E-state index contributed by atoms with van der Waals surface area (Å²) >= 11 is 0. The Hall–Kier alpha value is -2.40. The highest BCUT2D eigenvalue weighted by Crippen LogP contribution is 2.40. The third kappa shape index (κ3) is 2.33. The molecule has 0 bridgehead atoms. The normalized spacial score (nSPS) is 16.9. The third-order valence-corrected chi connectivity index (χ3v) is 4.13. The summed E-state index contributed by atoms with van der Waals surface area (Å²) in [6.07, 6.45) is 0. The monoisotopic (exact) mass is 301 g/mol. The highest BCUT2D eigenvalue weighted by atomic mass is 16.5. The fourth-order valence-electron chi connectivity index (χ4n) is 2.98. The quantitative estimate of drug-likeness (QED) is 0.812. The molecule has 3 N–H and O–H groups in total. The van der Waals surface area contributed by atoms with Crippen LogP contribution < -0.4 is 14.8 Å². The molecule has 116 valence electrons. The van der Waals surface area contributed by atoms with E-state index in [1.807, 2.05) is 12.1 Å². The van der Waals surface area contributed by atoms with Crippen LogP contribution in [-0.4, -0.2) is 31.0 Å². The molecule has 2 aromatic carbocycles. The van der Waals surface area contributed by atoms with Crippen molar-refractivity contribution in [2.75, 3.05) is 20.8 Å². The second-order valence-corrected chi connectivity index (χ2v) is 5.30. The number of phenols is 2. The molecule has 5 nitrogen and oxygen atoms in total. The molecule has 1 unspecified atom stereocenters. The fourth-order valence-corrected chi connectivity index (χ4v) is 2.98. The highest BCUT2D eigenvalue weighted by Gasteiger charge is 2.26. The predicted octanol–water partition coefficient (Wildman–Crippen LogP) is 2.35. The maximum atomic E-state index is 10.3. The number of hydrogen-bond acceptors (Lipinski definition) is 5. The number of aromatic hydroxyl groups is 2. The van der Waals surface area contributed by atoms with Crippen molar-refractivity contribution in [3.05, 3.63) is 47.0 Å². The van der Waals surface area contributed by atoms with Crippen molar-refractivity contribution < 1.29 is 19.7 Å². The van der Waals surface area contributed by atoms with Crippen LogP contribution in [0, 0.1) is 0 Å². The second kappa shape index (κ2) is 5.77. The van der Waals surface area contributed by atoms with E-state index in [-0.39, 0.29) is 17.4 Å². The van der Waals surface area contributed by atoms with Gasteiger partial charge < -0.3 is 25.0 Å². The van der Waals surface area contributed by atoms with E-state index in [2.05, 4.69) is 5.32 Å². The molecule has 1 aliphatic heterocycles. The number of fused-ring (bicyclic) bond motifs is 1. The van der Waals surface area contributed by atoms with Crippen molar-refractivity contribution in [3.63, 3.8) is 0 Å². The Bertz CT molecular complexity index is 699. The zero-order valence-electron chi connectivity index (χ0n) is 12.6. The maximum Gasteiger partial charge on any atom is 0.162 e. The van der Waals surface area contributed by atoms with Crippen molar-refractivity contribution in [1.82, 2.24) is 5.32 Å². The van der Waals surface area contributed by atoms with Crippen molar-refractivity contribution in [2.24, 2.45) is 0 Å². The summed E-state index contributed by atoms with van der Waals surface area (Å²) < 4.78 is 10.3. The van der Waals surface area contributed by atoms with Crippen molar-refractivity contribution in [2.45, 2.75) is 12.5 Å². The lowest BCUT2D eigenvalue weighted by Crippen LogP contribution is -2.28. The van der Waals surface area contributed by atoms with E-state index in [9.17, 15) is 10.2 Å². The van der Waals surface area contributed by atoms with E-state index in [0.717, 1.165) is 23.2 Å². The van der Waals surface area contributed by atoms with Gasteiger partial charge in [0.2, 0.25) is 0 Å². The molecule has 0 saturated carbocycles. The molecule has 3 rings (SSSR count). The largest absolute Gasteiger partial charge is 0.504 e. The molecule has 0 aromatic heterocycles. The molecule has 0 amide bonds. The third-order valence-electron chi connectivity index (χ3n) is 4.13. The number of phenolic OH excluding ortho intramolecular Hbond substituents is 2. The van der Waals surface area contributed by atoms with E-state index >= 15 is 0 Å². The van der Waals surface area contributed by atoms with E-state index in [0.29, 0.717) is 18.0 Å². The molecule has 0 spiro atoms. The standard InChI is InChI=1S/C17H19NO4/c1-21-15-5-3-10(7-14(15)19)12-8-18-9-13-11(12)4-6-16(22-2)17(13)20/h3-7,12,18-20H,8-9H2,1-2H3. The van der Waals surface area contributed by atoms with Gasteiger partial charge in [0.1, 0.15) is 0 Å². The molecule has 0 radical (unpaired) electrons. The molecule has 0 saturated heterocycles. The van der Waals surface area contributed by atoms with Gasteiger partial charge in [0.05, 0.1) is 14.2 Å². The summed E-state index contributed by atoms with van der Waals surface area (Å²) in [5, 5.41) is 23.6. The Morgan fingerprint density at radius 3 is 2.45 bits per heavy atom.